The second-order valence-electron chi connectivity index (χ2n) is 13.7. The molecule has 0 fully saturated rings. The first kappa shape index (κ1) is 34.3. The summed E-state index contributed by atoms with van der Waals surface area (Å²) < 4.78 is 0. The van der Waals surface area contributed by atoms with Crippen molar-refractivity contribution in [1.29, 1.82) is 0 Å². The molecule has 9 aromatic rings. The van der Waals surface area contributed by atoms with Crippen LogP contribution in [0, 0.1) is 0 Å². The van der Waals surface area contributed by atoms with Crippen molar-refractivity contribution in [3.05, 3.63) is 176 Å². The molecule has 1 unspecified atom stereocenters. The third kappa shape index (κ3) is 6.16. The van der Waals surface area contributed by atoms with Gasteiger partial charge in [-0.15, -0.1) is 6.58 Å². The quantitative estimate of drug-likeness (QED) is 0.0920. The molecule has 0 aromatic heterocycles. The zero-order valence-electron chi connectivity index (χ0n) is 30.8. The Morgan fingerprint density at radius 2 is 1.06 bits per heavy atom. The summed E-state index contributed by atoms with van der Waals surface area (Å²) in [6, 6.07) is 59.1. The monoisotopic (exact) mass is 700 g/mol. The first-order chi connectivity index (χ1) is 26.0. The summed E-state index contributed by atoms with van der Waals surface area (Å²) in [7, 11) is -0.0815. The number of aryl methyl sites for hydroxylation is 1. The van der Waals surface area contributed by atoms with Gasteiger partial charge in [-0.1, -0.05) is 165 Å². The highest BCUT2D eigenvalue weighted by atomic mass is 32.2. The number of rotatable bonds is 6. The standard InChI is InChI=1S/C49H38S.C3H6/c1-4-32-21-25-44-46(29-32)49(43-28-27-42(40-18-10-11-19-41(40)43)39-20-12-16-34-14-8-9-17-38(34)39)45-26-24-37(50(3)5-2)31-47(45)48(44)36-23-22-33-13-6-7-15-35(33)30-36;1-3-2/h6-31H,3-5H2,1-2H3;3H,1H2,2H3. The second kappa shape index (κ2) is 14.7. The van der Waals surface area contributed by atoms with Crippen molar-refractivity contribution in [3.63, 3.8) is 0 Å². The van der Waals surface area contributed by atoms with Crippen molar-refractivity contribution in [2.75, 3.05) is 5.75 Å². The zero-order chi connectivity index (χ0) is 36.5. The number of allylic oxidation sites excluding steroid dienone is 1. The van der Waals surface area contributed by atoms with E-state index in [9.17, 15) is 0 Å². The fraction of sp³-hybridized carbons (Fsp3) is 0.0962. The molecule has 0 saturated heterocycles. The van der Waals surface area contributed by atoms with Crippen LogP contribution in [0.4, 0.5) is 0 Å². The van der Waals surface area contributed by atoms with Crippen LogP contribution in [0.25, 0.3) is 87.2 Å². The van der Waals surface area contributed by atoms with Crippen molar-refractivity contribution in [1.82, 2.24) is 0 Å². The van der Waals surface area contributed by atoms with Crippen molar-refractivity contribution in [3.8, 4) is 33.4 Å². The highest BCUT2D eigenvalue weighted by molar-refractivity contribution is 8.14. The van der Waals surface area contributed by atoms with Gasteiger partial charge in [0.15, 0.2) is 0 Å². The van der Waals surface area contributed by atoms with Crippen LogP contribution in [-0.2, 0) is 6.42 Å². The second-order valence-corrected chi connectivity index (χ2v) is 15.7. The predicted molar refractivity (Wildman–Crippen MR) is 239 cm³/mol. The van der Waals surface area contributed by atoms with E-state index in [0.29, 0.717) is 0 Å². The third-order valence-corrected chi connectivity index (χ3v) is 12.2. The smallest absolute Gasteiger partial charge is 0.00176 e. The van der Waals surface area contributed by atoms with Crippen molar-refractivity contribution in [2.45, 2.75) is 32.1 Å². The van der Waals surface area contributed by atoms with E-state index in [4.69, 9.17) is 0 Å². The normalized spacial score (nSPS) is 11.9. The van der Waals surface area contributed by atoms with Gasteiger partial charge in [0.1, 0.15) is 0 Å². The van der Waals surface area contributed by atoms with Gasteiger partial charge < -0.3 is 0 Å². The predicted octanol–water partition coefficient (Wildman–Crippen LogP) is 15.3. The van der Waals surface area contributed by atoms with Crippen LogP contribution in [0.3, 0.4) is 0 Å². The number of hydrogen-bond acceptors (Lipinski definition) is 0. The lowest BCUT2D eigenvalue weighted by atomic mass is 9.82. The summed E-state index contributed by atoms with van der Waals surface area (Å²) in [6.07, 6.45) is 2.74. The molecule has 0 nitrogen and oxygen atoms in total. The lowest BCUT2D eigenvalue weighted by Crippen LogP contribution is -1.94. The van der Waals surface area contributed by atoms with E-state index < -0.39 is 0 Å². The maximum atomic E-state index is 4.57. The molecule has 0 spiro atoms. The van der Waals surface area contributed by atoms with E-state index in [1.165, 1.54) is 97.7 Å². The Labute approximate surface area is 316 Å². The molecule has 258 valence electrons. The molecule has 0 N–H and O–H groups in total. The third-order valence-electron chi connectivity index (χ3n) is 10.6. The largest absolute Gasteiger partial charge is 0.162 e. The summed E-state index contributed by atoms with van der Waals surface area (Å²) in [4.78, 5) is 1.31. The number of hydrogen-bond donors (Lipinski definition) is 0. The van der Waals surface area contributed by atoms with E-state index in [1.807, 2.05) is 6.92 Å². The van der Waals surface area contributed by atoms with Gasteiger partial charge in [-0.3, -0.25) is 0 Å². The SMILES string of the molecule is C=CC.C=S(CC)c1ccc2c(-c3ccc(-c4cccc5ccccc45)c4ccccc34)c3cc(CC)ccc3c(-c3ccc4ccccc4c3)c2c1. The van der Waals surface area contributed by atoms with Crippen molar-refractivity contribution < 1.29 is 0 Å². The van der Waals surface area contributed by atoms with Crippen LogP contribution in [0.1, 0.15) is 26.3 Å². The van der Waals surface area contributed by atoms with Gasteiger partial charge in [-0.2, -0.15) is 10.5 Å². The zero-order valence-corrected chi connectivity index (χ0v) is 31.6. The first-order valence-corrected chi connectivity index (χ1v) is 20.2. The van der Waals surface area contributed by atoms with Crippen LogP contribution in [0.5, 0.6) is 0 Å². The minimum atomic E-state index is -0.0815. The Hall–Kier alpha value is -5.76. The maximum absolute atomic E-state index is 4.57. The molecule has 9 aromatic carbocycles. The van der Waals surface area contributed by atoms with Gasteiger partial charge in [0.2, 0.25) is 0 Å². The Morgan fingerprint density at radius 1 is 0.472 bits per heavy atom. The Bertz CT molecular complexity index is 2850. The molecule has 0 aliphatic heterocycles. The molecule has 0 radical (unpaired) electrons. The van der Waals surface area contributed by atoms with Crippen LogP contribution < -0.4 is 0 Å². The highest BCUT2D eigenvalue weighted by Gasteiger charge is 2.21. The molecule has 1 heteroatoms. The average Bonchev–Trinajstić information content (AvgIpc) is 3.21. The van der Waals surface area contributed by atoms with E-state index in [0.717, 1.165) is 12.2 Å². The first-order valence-electron chi connectivity index (χ1n) is 18.6. The van der Waals surface area contributed by atoms with E-state index in [2.05, 4.69) is 184 Å². The molecule has 0 heterocycles. The molecule has 0 saturated carbocycles. The summed E-state index contributed by atoms with van der Waals surface area (Å²) in [5.41, 5.74) is 9.02. The van der Waals surface area contributed by atoms with Gasteiger partial charge in [0.05, 0.1) is 0 Å². The molecule has 0 aliphatic rings. The summed E-state index contributed by atoms with van der Waals surface area (Å²) in [5, 5.41) is 12.8. The van der Waals surface area contributed by atoms with Gasteiger partial charge in [0, 0.05) is 4.90 Å². The van der Waals surface area contributed by atoms with Gasteiger partial charge in [0.25, 0.3) is 0 Å². The van der Waals surface area contributed by atoms with Gasteiger partial charge >= 0.3 is 0 Å². The topological polar surface area (TPSA) is 0 Å². The van der Waals surface area contributed by atoms with E-state index in [-0.39, 0.29) is 10.5 Å². The van der Waals surface area contributed by atoms with Crippen molar-refractivity contribution >= 4 is 70.2 Å². The summed E-state index contributed by atoms with van der Waals surface area (Å²) in [5.74, 6) is 5.60. The molecule has 0 amide bonds. The highest BCUT2D eigenvalue weighted by Crippen LogP contribution is 2.48. The van der Waals surface area contributed by atoms with Crippen molar-refractivity contribution in [2.24, 2.45) is 0 Å². The molecule has 1 atom stereocenters. The Kier molecular flexibility index (Phi) is 9.52. The Morgan fingerprint density at radius 3 is 1.81 bits per heavy atom. The Balaban J connectivity index is 0.00000129. The van der Waals surface area contributed by atoms with Crippen LogP contribution in [0.2, 0.25) is 0 Å². The minimum Gasteiger partial charge on any atom is -0.162 e. The molecule has 0 aliphatic carbocycles. The van der Waals surface area contributed by atoms with Gasteiger partial charge in [-0.25, -0.2) is 0 Å². The van der Waals surface area contributed by atoms with E-state index >= 15 is 0 Å². The average molecular weight is 701 g/mol. The molecule has 0 bridgehead atoms. The summed E-state index contributed by atoms with van der Waals surface area (Å²) in [6.45, 7) is 9.75. The maximum Gasteiger partial charge on any atom is 0.00176 e. The fourth-order valence-electron chi connectivity index (χ4n) is 7.98. The van der Waals surface area contributed by atoms with Crippen LogP contribution in [-0.4, -0.2) is 11.6 Å². The fourth-order valence-corrected chi connectivity index (χ4v) is 8.86. The minimum absolute atomic E-state index is 0.0815. The molecular weight excluding hydrogens is 657 g/mol. The number of fused-ring (bicyclic) bond motifs is 5. The van der Waals surface area contributed by atoms with Crippen LogP contribution >= 0.6 is 10.5 Å². The lowest BCUT2D eigenvalue weighted by Gasteiger charge is -2.21. The molecule has 53 heavy (non-hydrogen) atoms. The molecule has 9 rings (SSSR count). The number of benzene rings is 9. The van der Waals surface area contributed by atoms with Crippen LogP contribution in [0.15, 0.2) is 175 Å². The van der Waals surface area contributed by atoms with E-state index in [1.54, 1.807) is 6.08 Å². The summed E-state index contributed by atoms with van der Waals surface area (Å²) >= 11 is 0. The van der Waals surface area contributed by atoms with Gasteiger partial charge in [-0.05, 0) is 130 Å². The molecular formula is C52H44S. The lowest BCUT2D eigenvalue weighted by molar-refractivity contribution is 1.15.